The van der Waals surface area contributed by atoms with Crippen molar-refractivity contribution in [3.63, 3.8) is 0 Å². The number of nitrogens with zero attached hydrogens (tertiary/aromatic N) is 3. The van der Waals surface area contributed by atoms with Crippen LogP contribution in [-0.4, -0.2) is 33.9 Å². The molecule has 34 heavy (non-hydrogen) atoms. The maximum Gasteiger partial charge on any atom is 0.226 e. The second kappa shape index (κ2) is 11.6. The van der Waals surface area contributed by atoms with Gasteiger partial charge in [0.1, 0.15) is 5.82 Å². The lowest BCUT2D eigenvalue weighted by molar-refractivity contribution is -0.131. The topological polar surface area (TPSA) is 84.8 Å². The average Bonchev–Trinajstić information content (AvgIpc) is 3.44. The van der Waals surface area contributed by atoms with Gasteiger partial charge in [0.15, 0.2) is 0 Å². The predicted molar refractivity (Wildman–Crippen MR) is 133 cm³/mol. The summed E-state index contributed by atoms with van der Waals surface area (Å²) in [5.74, 6) is 1.37. The summed E-state index contributed by atoms with van der Waals surface area (Å²) in [7, 11) is 0. The average molecular weight is 456 g/mol. The van der Waals surface area contributed by atoms with E-state index in [0.29, 0.717) is 17.9 Å². The summed E-state index contributed by atoms with van der Waals surface area (Å²) in [6.45, 7) is 5.25. The fourth-order valence-electron chi connectivity index (χ4n) is 4.61. The van der Waals surface area contributed by atoms with E-state index in [1.165, 1.54) is 5.56 Å². The van der Waals surface area contributed by atoms with Gasteiger partial charge in [-0.05, 0) is 55.5 Å². The highest BCUT2D eigenvalue weighted by Gasteiger charge is 2.30. The van der Waals surface area contributed by atoms with Crippen molar-refractivity contribution in [1.82, 2.24) is 20.2 Å². The number of aromatic amines is 1. The Labute approximate surface area is 202 Å². The molecule has 0 aliphatic carbocycles. The van der Waals surface area contributed by atoms with E-state index in [1.54, 1.807) is 0 Å². The van der Waals surface area contributed by atoms with Crippen molar-refractivity contribution < 1.29 is 4.79 Å². The van der Waals surface area contributed by atoms with Crippen molar-refractivity contribution in [3.8, 4) is 6.07 Å². The van der Waals surface area contributed by atoms with Crippen LogP contribution in [0.15, 0.2) is 54.7 Å². The zero-order valence-electron chi connectivity index (χ0n) is 19.9. The standard InChI is InChI=1S/C28H33N5O/c1-21-10-11-24(25(15-21)17-29)16-27-31-19-26(32-27)18-30-13-6-5-9-23-12-14-33(28(23)34)20-22-7-3-2-4-8-22/h2-4,7-8,10-11,15,19,23,30H,5-6,9,12-14,16,18,20H2,1H3,(H,31,32). The van der Waals surface area contributed by atoms with E-state index in [4.69, 9.17) is 0 Å². The number of unbranched alkanes of at least 4 members (excludes halogenated alkanes) is 1. The van der Waals surface area contributed by atoms with Crippen molar-refractivity contribution in [2.45, 2.75) is 52.1 Å². The lowest BCUT2D eigenvalue weighted by atomic mass is 10.0. The van der Waals surface area contributed by atoms with Crippen LogP contribution in [0.5, 0.6) is 0 Å². The minimum Gasteiger partial charge on any atom is -0.345 e. The van der Waals surface area contributed by atoms with E-state index in [-0.39, 0.29) is 5.92 Å². The van der Waals surface area contributed by atoms with Gasteiger partial charge in [-0.2, -0.15) is 5.26 Å². The number of rotatable bonds is 11. The second-order valence-corrected chi connectivity index (χ2v) is 9.21. The molecule has 6 nitrogen and oxygen atoms in total. The summed E-state index contributed by atoms with van der Waals surface area (Å²) in [6, 6.07) is 18.5. The second-order valence-electron chi connectivity index (χ2n) is 9.21. The van der Waals surface area contributed by atoms with Crippen molar-refractivity contribution in [2.24, 2.45) is 5.92 Å². The Balaban J connectivity index is 1.13. The Bertz CT molecular complexity index is 1130. The molecule has 1 amide bonds. The summed E-state index contributed by atoms with van der Waals surface area (Å²) in [5, 5.41) is 12.8. The molecule has 2 N–H and O–H groups in total. The molecule has 0 bridgehead atoms. The minimum absolute atomic E-state index is 0.180. The first-order valence-corrected chi connectivity index (χ1v) is 12.2. The molecule has 1 fully saturated rings. The first-order valence-electron chi connectivity index (χ1n) is 12.2. The van der Waals surface area contributed by atoms with Crippen LogP contribution in [0.3, 0.4) is 0 Å². The minimum atomic E-state index is 0.180. The van der Waals surface area contributed by atoms with Gasteiger partial charge in [-0.3, -0.25) is 4.79 Å². The number of likely N-dealkylation sites (tertiary alicyclic amines) is 1. The lowest BCUT2D eigenvalue weighted by Gasteiger charge is -2.16. The van der Waals surface area contributed by atoms with Crippen LogP contribution >= 0.6 is 0 Å². The maximum atomic E-state index is 12.7. The zero-order chi connectivity index (χ0) is 23.8. The highest BCUT2D eigenvalue weighted by atomic mass is 16.2. The summed E-state index contributed by atoms with van der Waals surface area (Å²) in [4.78, 5) is 22.5. The van der Waals surface area contributed by atoms with Crippen molar-refractivity contribution in [1.29, 1.82) is 5.26 Å². The molecule has 1 aromatic heterocycles. The van der Waals surface area contributed by atoms with Gasteiger partial charge in [0.2, 0.25) is 5.91 Å². The first-order chi connectivity index (χ1) is 16.6. The fraction of sp³-hybridized carbons (Fsp3) is 0.393. The molecule has 0 saturated carbocycles. The van der Waals surface area contributed by atoms with Crippen molar-refractivity contribution >= 4 is 5.91 Å². The molecule has 1 atom stereocenters. The number of H-pyrrole nitrogens is 1. The van der Waals surface area contributed by atoms with E-state index in [1.807, 2.05) is 54.4 Å². The number of imidazole rings is 1. The maximum absolute atomic E-state index is 12.7. The van der Waals surface area contributed by atoms with E-state index >= 15 is 0 Å². The van der Waals surface area contributed by atoms with E-state index in [9.17, 15) is 10.1 Å². The molecular formula is C28H33N5O. The highest BCUT2D eigenvalue weighted by Crippen LogP contribution is 2.24. The van der Waals surface area contributed by atoms with E-state index < -0.39 is 0 Å². The van der Waals surface area contributed by atoms with Crippen LogP contribution < -0.4 is 5.32 Å². The molecule has 3 aromatic rings. The summed E-state index contributed by atoms with van der Waals surface area (Å²) in [6.07, 6.45) is 6.54. The van der Waals surface area contributed by atoms with Crippen LogP contribution in [0.4, 0.5) is 0 Å². The van der Waals surface area contributed by atoms with Crippen molar-refractivity contribution in [2.75, 3.05) is 13.1 Å². The molecule has 1 aliphatic rings. The lowest BCUT2D eigenvalue weighted by Crippen LogP contribution is -2.27. The Kier molecular flexibility index (Phi) is 8.11. The van der Waals surface area contributed by atoms with Gasteiger partial charge in [0, 0.05) is 43.9 Å². The van der Waals surface area contributed by atoms with Gasteiger partial charge >= 0.3 is 0 Å². The molecule has 2 aromatic carbocycles. The molecule has 2 heterocycles. The molecular weight excluding hydrogens is 422 g/mol. The van der Waals surface area contributed by atoms with Crippen LogP contribution in [0.1, 0.15) is 59.5 Å². The molecule has 1 aliphatic heterocycles. The molecule has 0 radical (unpaired) electrons. The van der Waals surface area contributed by atoms with Crippen LogP contribution in [0.2, 0.25) is 0 Å². The highest BCUT2D eigenvalue weighted by molar-refractivity contribution is 5.80. The number of hydrogen-bond acceptors (Lipinski definition) is 4. The van der Waals surface area contributed by atoms with Crippen molar-refractivity contribution in [3.05, 3.63) is 88.5 Å². The third-order valence-corrected chi connectivity index (χ3v) is 6.52. The largest absolute Gasteiger partial charge is 0.345 e. The quantitative estimate of drug-likeness (QED) is 0.417. The van der Waals surface area contributed by atoms with Gasteiger partial charge in [0.25, 0.3) is 0 Å². The Hall–Kier alpha value is -3.43. The number of nitrogens with one attached hydrogen (secondary N) is 2. The van der Waals surface area contributed by atoms with Gasteiger partial charge < -0.3 is 15.2 Å². The van der Waals surface area contributed by atoms with Crippen LogP contribution in [0, 0.1) is 24.2 Å². The zero-order valence-corrected chi connectivity index (χ0v) is 19.9. The summed E-state index contributed by atoms with van der Waals surface area (Å²) < 4.78 is 0. The SMILES string of the molecule is Cc1ccc(Cc2ncc(CNCCCCC3CCN(Cc4ccccc4)C3=O)[nH]2)c(C#N)c1. The molecule has 1 saturated heterocycles. The van der Waals surface area contributed by atoms with E-state index in [0.717, 1.165) is 74.5 Å². The predicted octanol–water partition coefficient (Wildman–Crippen LogP) is 4.49. The number of benzene rings is 2. The summed E-state index contributed by atoms with van der Waals surface area (Å²) in [5.41, 5.74) is 5.03. The molecule has 4 rings (SSSR count). The Morgan fingerprint density at radius 3 is 2.88 bits per heavy atom. The summed E-state index contributed by atoms with van der Waals surface area (Å²) >= 11 is 0. The number of carbonyl (C=O) groups is 1. The van der Waals surface area contributed by atoms with Gasteiger partial charge in [-0.25, -0.2) is 4.98 Å². The number of amides is 1. The van der Waals surface area contributed by atoms with Crippen LogP contribution in [-0.2, 0) is 24.3 Å². The molecule has 176 valence electrons. The normalized spacial score (nSPS) is 15.6. The Morgan fingerprint density at radius 2 is 2.06 bits per heavy atom. The Morgan fingerprint density at radius 1 is 1.21 bits per heavy atom. The first kappa shape index (κ1) is 23.7. The number of aryl methyl sites for hydroxylation is 1. The van der Waals surface area contributed by atoms with Gasteiger partial charge in [-0.1, -0.05) is 48.9 Å². The monoisotopic (exact) mass is 455 g/mol. The third-order valence-electron chi connectivity index (χ3n) is 6.52. The molecule has 1 unspecified atom stereocenters. The van der Waals surface area contributed by atoms with Gasteiger partial charge in [-0.15, -0.1) is 0 Å². The van der Waals surface area contributed by atoms with Gasteiger partial charge in [0.05, 0.1) is 11.6 Å². The van der Waals surface area contributed by atoms with E-state index in [2.05, 4.69) is 33.5 Å². The number of aromatic nitrogens is 2. The molecule has 6 heteroatoms. The third kappa shape index (κ3) is 6.33. The molecule has 0 spiro atoms. The number of hydrogen-bond donors (Lipinski definition) is 2. The number of nitriles is 1. The fourth-order valence-corrected chi connectivity index (χ4v) is 4.61. The number of carbonyl (C=O) groups excluding carboxylic acids is 1. The smallest absolute Gasteiger partial charge is 0.226 e. The van der Waals surface area contributed by atoms with Crippen LogP contribution in [0.25, 0.3) is 0 Å².